The maximum Gasteiger partial charge on any atom is 0.325 e. The van der Waals surface area contributed by atoms with Crippen LogP contribution in [0.1, 0.15) is 44.2 Å². The second-order valence-corrected chi connectivity index (χ2v) is 8.03. The number of ether oxygens (including phenoxy) is 1. The molecule has 0 spiro atoms. The van der Waals surface area contributed by atoms with Gasteiger partial charge in [-0.15, -0.1) is 0 Å². The van der Waals surface area contributed by atoms with Crippen molar-refractivity contribution in [3.8, 4) is 11.1 Å². The summed E-state index contributed by atoms with van der Waals surface area (Å²) in [5.74, 6) is -2.86. The topological polar surface area (TPSA) is 92.7 Å². The molecule has 6 nitrogen and oxygen atoms in total. The maximum atomic E-state index is 12.5. The van der Waals surface area contributed by atoms with Crippen molar-refractivity contribution in [1.29, 1.82) is 0 Å². The maximum absolute atomic E-state index is 12.5. The summed E-state index contributed by atoms with van der Waals surface area (Å²) in [5.41, 5.74) is 4.55. The van der Waals surface area contributed by atoms with E-state index in [1.54, 1.807) is 0 Å². The number of esters is 1. The average Bonchev–Trinajstić information content (AvgIpc) is 3.04. The fourth-order valence-electron chi connectivity index (χ4n) is 3.87. The molecule has 2 aromatic carbocycles. The molecular formula is C24H27NO5. The van der Waals surface area contributed by atoms with Gasteiger partial charge >= 0.3 is 11.9 Å². The molecule has 0 heterocycles. The lowest BCUT2D eigenvalue weighted by Gasteiger charge is -2.21. The largest absolute Gasteiger partial charge is 0.480 e. The molecule has 1 amide bonds. The van der Waals surface area contributed by atoms with Crippen molar-refractivity contribution in [3.05, 3.63) is 59.7 Å². The van der Waals surface area contributed by atoms with Gasteiger partial charge in [0.15, 0.2) is 0 Å². The zero-order valence-corrected chi connectivity index (χ0v) is 17.4. The van der Waals surface area contributed by atoms with Crippen LogP contribution in [-0.2, 0) is 19.1 Å². The first kappa shape index (κ1) is 21.6. The molecule has 0 saturated carbocycles. The second-order valence-electron chi connectivity index (χ2n) is 8.03. The van der Waals surface area contributed by atoms with Crippen LogP contribution in [0.3, 0.4) is 0 Å². The first-order valence-electron chi connectivity index (χ1n) is 10.2. The van der Waals surface area contributed by atoms with Gasteiger partial charge in [-0.1, -0.05) is 62.4 Å². The van der Waals surface area contributed by atoms with Crippen molar-refractivity contribution in [2.24, 2.45) is 11.8 Å². The summed E-state index contributed by atoms with van der Waals surface area (Å²) in [5, 5.41) is 11.4. The van der Waals surface area contributed by atoms with Crippen LogP contribution in [0.5, 0.6) is 0 Å². The van der Waals surface area contributed by atoms with Gasteiger partial charge in [0.2, 0.25) is 5.91 Å². The number of aliphatic carboxylic acids is 1. The molecule has 1 aliphatic carbocycles. The number of rotatable bonds is 8. The van der Waals surface area contributed by atoms with Crippen LogP contribution in [0.15, 0.2) is 48.5 Å². The molecule has 2 atom stereocenters. The molecule has 0 saturated heterocycles. The Kier molecular flexibility index (Phi) is 6.55. The summed E-state index contributed by atoms with van der Waals surface area (Å²) in [7, 11) is 0. The average molecular weight is 409 g/mol. The lowest BCUT2D eigenvalue weighted by Crippen LogP contribution is -2.43. The normalized spacial score (nSPS) is 14.5. The van der Waals surface area contributed by atoms with Crippen LogP contribution in [0.25, 0.3) is 11.1 Å². The molecule has 3 rings (SSSR count). The predicted molar refractivity (Wildman–Crippen MR) is 113 cm³/mol. The summed E-state index contributed by atoms with van der Waals surface area (Å²) in [6.07, 6.45) is -0.0914. The zero-order chi connectivity index (χ0) is 21.8. The van der Waals surface area contributed by atoms with Gasteiger partial charge < -0.3 is 15.2 Å². The number of hydrogen-bond acceptors (Lipinski definition) is 4. The number of nitrogens with one attached hydrogen (secondary N) is 1. The number of carbonyl (C=O) groups is 3. The van der Waals surface area contributed by atoms with Crippen LogP contribution in [0, 0.1) is 11.8 Å². The lowest BCUT2D eigenvalue weighted by molar-refractivity contribution is -0.148. The Labute approximate surface area is 176 Å². The number of hydrogen-bond donors (Lipinski definition) is 2. The molecule has 0 radical (unpaired) electrons. The quantitative estimate of drug-likeness (QED) is 0.650. The molecule has 158 valence electrons. The number of fused-ring (bicyclic) bond motifs is 3. The molecule has 1 aliphatic rings. The van der Waals surface area contributed by atoms with E-state index in [1.807, 2.05) is 50.2 Å². The Balaban J connectivity index is 1.66. The van der Waals surface area contributed by atoms with E-state index in [2.05, 4.69) is 17.4 Å². The molecule has 0 aromatic heterocycles. The second kappa shape index (κ2) is 9.11. The van der Waals surface area contributed by atoms with Crippen LogP contribution < -0.4 is 5.32 Å². The van der Waals surface area contributed by atoms with E-state index in [-0.39, 0.29) is 24.9 Å². The highest BCUT2D eigenvalue weighted by atomic mass is 16.5. The van der Waals surface area contributed by atoms with Crippen molar-refractivity contribution < 1.29 is 24.2 Å². The standard InChI is InChI=1S/C24H27NO5/c1-14(2)20(23(27)25-15(3)24(28)29)12-22(26)30-13-21-18-10-6-4-8-16(18)17-9-5-7-11-19(17)21/h4-11,14-15,20-21H,12-13H2,1-3H3,(H,25,27)(H,28,29)/t15-,20+/m0/s1. The van der Waals surface area contributed by atoms with Crippen LogP contribution in [0.4, 0.5) is 0 Å². The van der Waals surface area contributed by atoms with Crippen LogP contribution in [0.2, 0.25) is 0 Å². The van der Waals surface area contributed by atoms with Crippen molar-refractivity contribution >= 4 is 17.8 Å². The summed E-state index contributed by atoms with van der Waals surface area (Å²) in [4.78, 5) is 36.0. The summed E-state index contributed by atoms with van der Waals surface area (Å²) in [6.45, 7) is 5.24. The highest BCUT2D eigenvalue weighted by Gasteiger charge is 2.31. The molecule has 2 N–H and O–H groups in total. The monoisotopic (exact) mass is 409 g/mol. The number of carbonyl (C=O) groups excluding carboxylic acids is 2. The van der Waals surface area contributed by atoms with E-state index in [0.717, 1.165) is 22.3 Å². The molecule has 0 bridgehead atoms. The van der Waals surface area contributed by atoms with Crippen LogP contribution in [-0.4, -0.2) is 35.6 Å². The predicted octanol–water partition coefficient (Wildman–Crippen LogP) is 3.59. The Morgan fingerprint density at radius 3 is 2.00 bits per heavy atom. The van der Waals surface area contributed by atoms with E-state index in [4.69, 9.17) is 9.84 Å². The van der Waals surface area contributed by atoms with Gasteiger partial charge in [-0.3, -0.25) is 14.4 Å². The zero-order valence-electron chi connectivity index (χ0n) is 17.4. The van der Waals surface area contributed by atoms with Gasteiger partial charge in [0.25, 0.3) is 0 Å². The number of benzene rings is 2. The van der Waals surface area contributed by atoms with Crippen molar-refractivity contribution in [2.75, 3.05) is 6.61 Å². The Bertz CT molecular complexity index is 907. The Hall–Kier alpha value is -3.15. The van der Waals surface area contributed by atoms with E-state index < -0.39 is 29.8 Å². The van der Waals surface area contributed by atoms with Gasteiger partial charge in [-0.2, -0.15) is 0 Å². The van der Waals surface area contributed by atoms with E-state index in [1.165, 1.54) is 6.92 Å². The molecule has 0 aliphatic heterocycles. The van der Waals surface area contributed by atoms with Crippen LogP contribution >= 0.6 is 0 Å². The number of carboxylic acid groups (broad SMARTS) is 1. The third kappa shape index (κ3) is 4.53. The SMILES string of the molecule is CC(C)[C@@H](CC(=O)OCC1c2ccccc2-c2ccccc21)C(=O)N[C@@H](C)C(=O)O. The molecule has 30 heavy (non-hydrogen) atoms. The fourth-order valence-corrected chi connectivity index (χ4v) is 3.87. The van der Waals surface area contributed by atoms with E-state index in [9.17, 15) is 14.4 Å². The van der Waals surface area contributed by atoms with Gasteiger partial charge in [0.1, 0.15) is 12.6 Å². The molecule has 6 heteroatoms. The molecule has 2 aromatic rings. The highest BCUT2D eigenvalue weighted by Crippen LogP contribution is 2.44. The van der Waals surface area contributed by atoms with Gasteiger partial charge in [0, 0.05) is 5.92 Å². The Morgan fingerprint density at radius 1 is 0.967 bits per heavy atom. The van der Waals surface area contributed by atoms with E-state index >= 15 is 0 Å². The molecular weight excluding hydrogens is 382 g/mol. The number of amides is 1. The smallest absolute Gasteiger partial charge is 0.325 e. The fraction of sp³-hybridized carbons (Fsp3) is 0.375. The third-order valence-corrected chi connectivity index (χ3v) is 5.63. The van der Waals surface area contributed by atoms with Gasteiger partial charge in [0.05, 0.1) is 12.3 Å². The summed E-state index contributed by atoms with van der Waals surface area (Å²) >= 11 is 0. The lowest BCUT2D eigenvalue weighted by atomic mass is 9.91. The third-order valence-electron chi connectivity index (χ3n) is 5.63. The molecule has 0 unspecified atom stereocenters. The van der Waals surface area contributed by atoms with Gasteiger partial charge in [-0.05, 0) is 35.1 Å². The summed E-state index contributed by atoms with van der Waals surface area (Å²) in [6, 6.07) is 15.2. The molecule has 0 fully saturated rings. The van der Waals surface area contributed by atoms with Crippen molar-refractivity contribution in [2.45, 2.75) is 39.2 Å². The van der Waals surface area contributed by atoms with Crippen molar-refractivity contribution in [3.63, 3.8) is 0 Å². The van der Waals surface area contributed by atoms with E-state index in [0.29, 0.717) is 0 Å². The number of carboxylic acids is 1. The highest BCUT2D eigenvalue weighted by molar-refractivity contribution is 5.87. The first-order chi connectivity index (χ1) is 14.3. The Morgan fingerprint density at radius 2 is 1.50 bits per heavy atom. The minimum absolute atomic E-state index is 0.0419. The van der Waals surface area contributed by atoms with Gasteiger partial charge in [-0.25, -0.2) is 0 Å². The first-order valence-corrected chi connectivity index (χ1v) is 10.2. The van der Waals surface area contributed by atoms with Crippen molar-refractivity contribution in [1.82, 2.24) is 5.32 Å². The summed E-state index contributed by atoms with van der Waals surface area (Å²) < 4.78 is 5.59. The minimum Gasteiger partial charge on any atom is -0.480 e. The minimum atomic E-state index is -1.12.